The molecule has 0 saturated carbocycles. The molecule has 0 aliphatic carbocycles. The van der Waals surface area contributed by atoms with Gasteiger partial charge < -0.3 is 15.4 Å². The molecule has 1 aliphatic rings. The van der Waals surface area contributed by atoms with Gasteiger partial charge in [-0.1, -0.05) is 111 Å². The van der Waals surface area contributed by atoms with Crippen molar-refractivity contribution in [2.24, 2.45) is 21.7 Å². The maximum atomic E-state index is 12.2. The molecular weight excluding hydrogens is 869 g/mol. The van der Waals surface area contributed by atoms with Crippen molar-refractivity contribution < 1.29 is 30.0 Å². The number of aliphatic imine (C=N–C) groups is 1. The van der Waals surface area contributed by atoms with E-state index >= 15 is 0 Å². The molecule has 0 spiro atoms. The van der Waals surface area contributed by atoms with Crippen molar-refractivity contribution >= 4 is 70.8 Å². The molecule has 5 aromatic rings. The SMILES string of the molecule is CCC(C)(CC)C(=O)/C=C(\O)C(C)(CC)CC.Cc1sc2c(ccc3sc4c(c32)NCN=C4c2[c-]c3ccccc3c(C(C)(C)C)c2)c1CC(C)C.[Ir]. The Hall–Kier alpha value is -2.83. The fourth-order valence-corrected chi connectivity index (χ4v) is 9.56. The van der Waals surface area contributed by atoms with Crippen molar-refractivity contribution in [3.63, 3.8) is 0 Å². The molecule has 4 nitrogen and oxygen atoms in total. The summed E-state index contributed by atoms with van der Waals surface area (Å²) in [6.45, 7) is 26.5. The van der Waals surface area contributed by atoms with Crippen LogP contribution >= 0.6 is 22.7 Å². The topological polar surface area (TPSA) is 61.7 Å². The predicted octanol–water partition coefficient (Wildman–Crippen LogP) is 13.7. The Bertz CT molecular complexity index is 2150. The van der Waals surface area contributed by atoms with Crippen LogP contribution in [0.2, 0.25) is 0 Å². The molecule has 3 aromatic carbocycles. The molecule has 0 amide bonds. The summed E-state index contributed by atoms with van der Waals surface area (Å²) in [7, 11) is 0. The van der Waals surface area contributed by atoms with Crippen LogP contribution in [-0.4, -0.2) is 23.3 Å². The van der Waals surface area contributed by atoms with Crippen LogP contribution in [0.5, 0.6) is 0 Å². The Morgan fingerprint density at radius 3 is 2.19 bits per heavy atom. The first-order valence-corrected chi connectivity index (χ1v) is 20.8. The number of carbonyl (C=O) groups excluding carboxylic acids is 1. The Balaban J connectivity index is 0.000000299. The summed E-state index contributed by atoms with van der Waals surface area (Å²) in [6, 6.07) is 19.3. The van der Waals surface area contributed by atoms with E-state index in [2.05, 4.69) is 95.4 Å². The van der Waals surface area contributed by atoms with Crippen LogP contribution in [0.15, 0.2) is 59.3 Å². The van der Waals surface area contributed by atoms with Gasteiger partial charge in [0, 0.05) is 67.3 Å². The Labute approximate surface area is 339 Å². The number of hydrogen-bond donors (Lipinski definition) is 2. The summed E-state index contributed by atoms with van der Waals surface area (Å²) in [4.78, 5) is 19.9. The van der Waals surface area contributed by atoms with Crippen molar-refractivity contribution in [2.75, 3.05) is 12.0 Å². The number of nitrogens with zero attached hydrogens (tertiary/aromatic N) is 1. The Kier molecular flexibility index (Phi) is 13.7. The predicted molar refractivity (Wildman–Crippen MR) is 229 cm³/mol. The monoisotopic (exact) mass is 928 g/mol. The third-order valence-corrected chi connectivity index (χ3v) is 13.9. The molecule has 7 heteroatoms. The molecule has 0 unspecified atom stereocenters. The van der Waals surface area contributed by atoms with Gasteiger partial charge in [0.05, 0.1) is 12.4 Å². The number of nitrogens with one attached hydrogen (secondary N) is 1. The van der Waals surface area contributed by atoms with Crippen LogP contribution in [0.1, 0.15) is 128 Å². The van der Waals surface area contributed by atoms with Gasteiger partial charge in [0.2, 0.25) is 0 Å². The minimum absolute atomic E-state index is 0. The van der Waals surface area contributed by atoms with E-state index in [0.717, 1.165) is 48.8 Å². The van der Waals surface area contributed by atoms with E-state index in [0.29, 0.717) is 12.6 Å². The number of aliphatic hydroxyl groups is 1. The van der Waals surface area contributed by atoms with Crippen LogP contribution in [-0.2, 0) is 36.7 Å². The van der Waals surface area contributed by atoms with Gasteiger partial charge in [-0.25, -0.2) is 0 Å². The van der Waals surface area contributed by atoms with Crippen LogP contribution in [0, 0.1) is 29.7 Å². The molecule has 0 saturated heterocycles. The first-order valence-electron chi connectivity index (χ1n) is 19.2. The van der Waals surface area contributed by atoms with E-state index in [-0.39, 0.29) is 47.9 Å². The first-order chi connectivity index (χ1) is 24.5. The smallest absolute Gasteiger partial charge is 0.164 e. The van der Waals surface area contributed by atoms with Gasteiger partial charge in [-0.05, 0) is 67.4 Å². The third kappa shape index (κ3) is 8.54. The van der Waals surface area contributed by atoms with Crippen LogP contribution < -0.4 is 5.32 Å². The molecule has 3 heterocycles. The molecule has 0 fully saturated rings. The van der Waals surface area contributed by atoms with Gasteiger partial charge >= 0.3 is 0 Å². The van der Waals surface area contributed by atoms with Gasteiger partial charge in [-0.2, -0.15) is 0 Å². The number of benzene rings is 3. The number of hydrogen-bond acceptors (Lipinski definition) is 6. The quantitative estimate of drug-likeness (QED) is 0.0833. The second-order valence-electron chi connectivity index (χ2n) is 16.5. The molecule has 53 heavy (non-hydrogen) atoms. The van der Waals surface area contributed by atoms with E-state index in [4.69, 9.17) is 4.99 Å². The average Bonchev–Trinajstić information content (AvgIpc) is 3.66. The fourth-order valence-electron chi connectivity index (χ4n) is 7.04. The molecular formula is C46H59IrN2O2S2-. The van der Waals surface area contributed by atoms with Gasteiger partial charge in [-0.15, -0.1) is 51.8 Å². The van der Waals surface area contributed by atoms with Crippen LogP contribution in [0.3, 0.4) is 0 Å². The molecule has 1 radical (unpaired) electrons. The molecule has 287 valence electrons. The second kappa shape index (κ2) is 16.9. The number of aryl methyl sites for hydroxylation is 1. The van der Waals surface area contributed by atoms with E-state index in [1.165, 1.54) is 58.2 Å². The van der Waals surface area contributed by atoms with E-state index in [1.807, 2.05) is 64.2 Å². The van der Waals surface area contributed by atoms with Crippen LogP contribution in [0.25, 0.3) is 30.9 Å². The number of anilines is 1. The first kappa shape index (κ1) is 42.9. The molecule has 0 atom stereocenters. The van der Waals surface area contributed by atoms with Crippen LogP contribution in [0.4, 0.5) is 5.69 Å². The molecule has 2 aromatic heterocycles. The minimum Gasteiger partial charge on any atom is -0.512 e. The largest absolute Gasteiger partial charge is 0.512 e. The number of thiophene rings is 2. The number of ketones is 1. The number of fused-ring (bicyclic) bond motifs is 6. The summed E-state index contributed by atoms with van der Waals surface area (Å²) in [5.74, 6) is 0.935. The summed E-state index contributed by atoms with van der Waals surface area (Å²) < 4.78 is 2.75. The number of rotatable bonds is 10. The average molecular weight is 928 g/mol. The zero-order valence-corrected chi connectivity index (χ0v) is 37.9. The molecule has 6 rings (SSSR count). The number of carbonyl (C=O) groups is 1. The van der Waals surface area contributed by atoms with E-state index < -0.39 is 0 Å². The second-order valence-corrected chi connectivity index (χ2v) is 18.8. The Morgan fingerprint density at radius 1 is 0.943 bits per heavy atom. The Morgan fingerprint density at radius 2 is 1.58 bits per heavy atom. The zero-order valence-electron chi connectivity index (χ0n) is 33.9. The summed E-state index contributed by atoms with van der Waals surface area (Å²) >= 11 is 3.81. The van der Waals surface area contributed by atoms with Gasteiger partial charge in [-0.3, -0.25) is 4.79 Å². The standard InChI is InChI=1S/C31H31N2S2.C15H28O2.Ir/c1-17(2)13-23-18(3)34-29-22(23)11-12-25-26(29)28-30(35-25)27(32-16-33-28)20-14-19-9-7-8-10-21(19)24(15-20)31(4,5)6;1-7-14(5,8-2)12(16)11-13(17)15(6,9-3)10-4;/h7-12,15,17,33H,13,16H2,1-6H3;11,16H,7-10H2,1-6H3;/q-1;;/b;12-11-;. The zero-order chi connectivity index (χ0) is 38.2. The van der Waals surface area contributed by atoms with E-state index in [9.17, 15) is 9.90 Å². The van der Waals surface area contributed by atoms with Crippen molar-refractivity contribution in [1.82, 2.24) is 0 Å². The third-order valence-electron chi connectivity index (χ3n) is 11.6. The minimum atomic E-state index is -0.337. The van der Waals surface area contributed by atoms with Gasteiger partial charge in [0.15, 0.2) is 5.78 Å². The van der Waals surface area contributed by atoms with Crippen molar-refractivity contribution in [2.45, 2.75) is 121 Å². The summed E-state index contributed by atoms with van der Waals surface area (Å²) in [5, 5.41) is 19.0. The van der Waals surface area contributed by atoms with Crippen molar-refractivity contribution in [1.29, 1.82) is 0 Å². The maximum Gasteiger partial charge on any atom is 0.164 e. The van der Waals surface area contributed by atoms with E-state index in [1.54, 1.807) is 0 Å². The summed E-state index contributed by atoms with van der Waals surface area (Å²) in [6.07, 6.45) is 5.88. The molecule has 1 aliphatic heterocycles. The number of aliphatic hydroxyl groups excluding tert-OH is 1. The molecule has 2 N–H and O–H groups in total. The van der Waals surface area contributed by atoms with Gasteiger partial charge in [0.25, 0.3) is 0 Å². The van der Waals surface area contributed by atoms with Crippen molar-refractivity contribution in [3.05, 3.63) is 86.8 Å². The molecule has 0 bridgehead atoms. The van der Waals surface area contributed by atoms with Crippen molar-refractivity contribution in [3.8, 4) is 0 Å². The normalized spacial score (nSPS) is 13.8. The maximum absolute atomic E-state index is 12.2. The number of allylic oxidation sites excluding steroid dienone is 2. The fraction of sp³-hybridized carbons (Fsp3) is 0.478. The van der Waals surface area contributed by atoms with Gasteiger partial charge in [0.1, 0.15) is 5.76 Å². The summed E-state index contributed by atoms with van der Waals surface area (Å²) in [5.41, 5.74) is 5.71.